The Kier molecular flexibility index (Phi) is 2.99. The molecule has 0 amide bonds. The Hall–Kier alpha value is -0.790. The molecule has 0 aliphatic carbocycles. The molecule has 0 saturated carbocycles. The van der Waals surface area contributed by atoms with E-state index in [1.807, 2.05) is 0 Å². The molecule has 0 atom stereocenters. The van der Waals surface area contributed by atoms with Crippen molar-refractivity contribution in [3.63, 3.8) is 0 Å². The lowest BCUT2D eigenvalue weighted by molar-refractivity contribution is -0.145. The maximum atomic E-state index is 12.2. The second-order valence-electron chi connectivity index (χ2n) is 2.54. The molecular weight excluding hydrogens is 292 g/mol. The van der Waals surface area contributed by atoms with Gasteiger partial charge in [-0.1, -0.05) is 0 Å². The summed E-state index contributed by atoms with van der Waals surface area (Å²) < 4.78 is 72.2. The third kappa shape index (κ3) is 2.83. The van der Waals surface area contributed by atoms with Gasteiger partial charge in [0.15, 0.2) is 0 Å². The summed E-state index contributed by atoms with van der Waals surface area (Å²) in [5, 5.41) is 0. The number of halogens is 7. The molecule has 0 fully saturated rings. The van der Waals surface area contributed by atoms with Gasteiger partial charge in [-0.3, -0.25) is 4.98 Å². The Morgan fingerprint density at radius 2 is 1.53 bits per heavy atom. The first-order chi connectivity index (χ1) is 6.62. The van der Waals surface area contributed by atoms with Gasteiger partial charge in [-0.05, 0) is 22.0 Å². The van der Waals surface area contributed by atoms with E-state index in [0.29, 0.717) is 6.20 Å². The zero-order chi connectivity index (χ0) is 11.9. The number of alkyl halides is 6. The Balaban J connectivity index is 3.30. The number of rotatable bonds is 0. The highest BCUT2D eigenvalue weighted by Crippen LogP contribution is 2.37. The quantitative estimate of drug-likeness (QED) is 0.662. The van der Waals surface area contributed by atoms with Crippen LogP contribution in [0.2, 0.25) is 0 Å². The third-order valence-electron chi connectivity index (χ3n) is 1.45. The predicted molar refractivity (Wildman–Crippen MR) is 41.9 cm³/mol. The molecule has 1 nitrogen and oxygen atoms in total. The van der Waals surface area contributed by atoms with Crippen molar-refractivity contribution in [1.82, 2.24) is 4.98 Å². The van der Waals surface area contributed by atoms with Gasteiger partial charge in [-0.15, -0.1) is 0 Å². The van der Waals surface area contributed by atoms with Crippen LogP contribution in [0.25, 0.3) is 0 Å². The molecule has 0 N–H and O–H groups in total. The molecule has 0 aromatic carbocycles. The minimum absolute atomic E-state index is 0.0376. The minimum Gasteiger partial charge on any atom is -0.251 e. The van der Waals surface area contributed by atoms with Crippen molar-refractivity contribution in [3.05, 3.63) is 28.0 Å². The minimum atomic E-state index is -4.89. The van der Waals surface area contributed by atoms with E-state index in [0.717, 1.165) is 0 Å². The lowest BCUT2D eigenvalue weighted by atomic mass is 10.2. The maximum Gasteiger partial charge on any atom is 0.433 e. The second kappa shape index (κ2) is 3.66. The monoisotopic (exact) mass is 293 g/mol. The van der Waals surface area contributed by atoms with E-state index in [2.05, 4.69) is 20.9 Å². The van der Waals surface area contributed by atoms with Gasteiger partial charge >= 0.3 is 12.4 Å². The van der Waals surface area contributed by atoms with Crippen molar-refractivity contribution in [3.8, 4) is 0 Å². The van der Waals surface area contributed by atoms with E-state index in [1.165, 1.54) is 0 Å². The summed E-state index contributed by atoms with van der Waals surface area (Å²) in [4.78, 5) is 2.85. The van der Waals surface area contributed by atoms with Crippen LogP contribution in [-0.2, 0) is 12.4 Å². The Labute approximate surface area is 88.2 Å². The molecule has 1 rings (SSSR count). The summed E-state index contributed by atoms with van der Waals surface area (Å²) in [6.45, 7) is 0. The highest BCUT2D eigenvalue weighted by atomic mass is 79.9. The van der Waals surface area contributed by atoms with Crippen molar-refractivity contribution in [2.45, 2.75) is 12.4 Å². The van der Waals surface area contributed by atoms with Crippen molar-refractivity contribution < 1.29 is 26.3 Å². The zero-order valence-corrected chi connectivity index (χ0v) is 8.33. The Bertz CT molecular complexity index is 369. The number of aromatic nitrogens is 1. The van der Waals surface area contributed by atoms with Crippen molar-refractivity contribution in [2.24, 2.45) is 0 Å². The SMILES string of the molecule is FC(F)(F)c1cc(C(F)(F)F)c(Br)cn1. The van der Waals surface area contributed by atoms with E-state index in [9.17, 15) is 26.3 Å². The van der Waals surface area contributed by atoms with Gasteiger partial charge in [-0.2, -0.15) is 26.3 Å². The topological polar surface area (TPSA) is 12.9 Å². The number of nitrogens with zero attached hydrogens (tertiary/aromatic N) is 1. The van der Waals surface area contributed by atoms with Crippen LogP contribution < -0.4 is 0 Å². The number of hydrogen-bond acceptors (Lipinski definition) is 1. The summed E-state index contributed by atoms with van der Waals surface area (Å²) in [5.74, 6) is 0. The van der Waals surface area contributed by atoms with Gasteiger partial charge in [0.1, 0.15) is 5.69 Å². The van der Waals surface area contributed by atoms with E-state index < -0.39 is 28.1 Å². The highest BCUT2D eigenvalue weighted by molar-refractivity contribution is 9.10. The van der Waals surface area contributed by atoms with Crippen LogP contribution in [0, 0.1) is 0 Å². The van der Waals surface area contributed by atoms with Gasteiger partial charge in [0.2, 0.25) is 0 Å². The van der Waals surface area contributed by atoms with Gasteiger partial charge in [0, 0.05) is 10.7 Å². The zero-order valence-electron chi connectivity index (χ0n) is 6.75. The standard InChI is InChI=1S/C7H2BrF6N/c8-4-2-15-5(7(12,13)14)1-3(4)6(9,10)11/h1-2H. The first kappa shape index (κ1) is 12.3. The summed E-state index contributed by atoms with van der Waals surface area (Å²) in [7, 11) is 0. The largest absolute Gasteiger partial charge is 0.433 e. The van der Waals surface area contributed by atoms with Crippen LogP contribution in [0.1, 0.15) is 11.3 Å². The van der Waals surface area contributed by atoms with Crippen LogP contribution in [0.15, 0.2) is 16.7 Å². The van der Waals surface area contributed by atoms with Gasteiger partial charge < -0.3 is 0 Å². The molecule has 1 aromatic heterocycles. The lowest BCUT2D eigenvalue weighted by Gasteiger charge is -2.11. The van der Waals surface area contributed by atoms with Crippen LogP contribution >= 0.6 is 15.9 Å². The predicted octanol–water partition coefficient (Wildman–Crippen LogP) is 3.88. The average molecular weight is 294 g/mol. The van der Waals surface area contributed by atoms with E-state index in [-0.39, 0.29) is 6.07 Å². The van der Waals surface area contributed by atoms with Crippen LogP contribution in [0.5, 0.6) is 0 Å². The Morgan fingerprint density at radius 3 is 1.93 bits per heavy atom. The summed E-state index contributed by atoms with van der Waals surface area (Å²) in [5.41, 5.74) is -2.97. The van der Waals surface area contributed by atoms with E-state index in [1.54, 1.807) is 0 Å². The van der Waals surface area contributed by atoms with Crippen LogP contribution in [0.3, 0.4) is 0 Å². The average Bonchev–Trinajstić information content (AvgIpc) is 2.00. The molecule has 0 aliphatic heterocycles. The van der Waals surface area contributed by atoms with Crippen LogP contribution in [-0.4, -0.2) is 4.98 Å². The normalized spacial score (nSPS) is 13.0. The summed E-state index contributed by atoms with van der Waals surface area (Å²) >= 11 is 2.48. The molecular formula is C7H2BrF6N. The molecule has 0 bridgehead atoms. The first-order valence-electron chi connectivity index (χ1n) is 3.42. The summed E-state index contributed by atoms with van der Waals surface area (Å²) in [6, 6.07) is -0.0376. The van der Waals surface area contributed by atoms with Gasteiger partial charge in [0.05, 0.1) is 5.56 Å². The smallest absolute Gasteiger partial charge is 0.251 e. The molecule has 0 saturated heterocycles. The molecule has 8 heteroatoms. The van der Waals surface area contributed by atoms with E-state index >= 15 is 0 Å². The molecule has 1 aromatic rings. The van der Waals surface area contributed by atoms with Crippen molar-refractivity contribution in [1.29, 1.82) is 0 Å². The first-order valence-corrected chi connectivity index (χ1v) is 4.21. The highest BCUT2D eigenvalue weighted by Gasteiger charge is 2.38. The molecule has 0 radical (unpaired) electrons. The molecule has 0 unspecified atom stereocenters. The molecule has 1 heterocycles. The fourth-order valence-electron chi connectivity index (χ4n) is 0.811. The van der Waals surface area contributed by atoms with Crippen molar-refractivity contribution >= 4 is 15.9 Å². The summed E-state index contributed by atoms with van der Waals surface area (Å²) in [6.07, 6.45) is -9.26. The maximum absolute atomic E-state index is 12.2. The lowest BCUT2D eigenvalue weighted by Crippen LogP contribution is -2.13. The fourth-order valence-corrected chi connectivity index (χ4v) is 1.25. The van der Waals surface area contributed by atoms with E-state index in [4.69, 9.17) is 0 Å². The Morgan fingerprint density at radius 1 is 1.00 bits per heavy atom. The third-order valence-corrected chi connectivity index (χ3v) is 2.08. The number of hydrogen-bond donors (Lipinski definition) is 0. The molecule has 15 heavy (non-hydrogen) atoms. The number of pyridine rings is 1. The molecule has 0 spiro atoms. The van der Waals surface area contributed by atoms with Crippen LogP contribution in [0.4, 0.5) is 26.3 Å². The van der Waals surface area contributed by atoms with Crippen molar-refractivity contribution in [2.75, 3.05) is 0 Å². The molecule has 0 aliphatic rings. The van der Waals surface area contributed by atoms with Gasteiger partial charge in [0.25, 0.3) is 0 Å². The van der Waals surface area contributed by atoms with Gasteiger partial charge in [-0.25, -0.2) is 0 Å². The molecule has 84 valence electrons. The fraction of sp³-hybridized carbons (Fsp3) is 0.286. The second-order valence-corrected chi connectivity index (χ2v) is 3.40.